The molecule has 19 heavy (non-hydrogen) atoms. The summed E-state index contributed by atoms with van der Waals surface area (Å²) in [6, 6.07) is 5.96. The van der Waals surface area contributed by atoms with Crippen molar-refractivity contribution in [3.63, 3.8) is 0 Å². The Morgan fingerprint density at radius 3 is 2.37 bits per heavy atom. The van der Waals surface area contributed by atoms with E-state index < -0.39 is 23.7 Å². The minimum Gasteiger partial charge on any atom is -0.366 e. The molecule has 0 spiro atoms. The van der Waals surface area contributed by atoms with Crippen LogP contribution < -0.4 is 10.6 Å². The standard InChI is InChI=1S/C13H11F3N2O/c14-13(15,16)11-10(12(17)19)7-4-8-18(11)9-5-2-1-3-6-9/h1-8,11H,(H2,17,19). The molecule has 0 fully saturated rings. The number of primary amides is 1. The van der Waals surface area contributed by atoms with Crippen molar-refractivity contribution >= 4 is 11.6 Å². The highest BCUT2D eigenvalue weighted by Crippen LogP contribution is 2.35. The Morgan fingerprint density at radius 2 is 1.84 bits per heavy atom. The molecule has 0 saturated carbocycles. The van der Waals surface area contributed by atoms with Gasteiger partial charge in [0.2, 0.25) is 5.91 Å². The van der Waals surface area contributed by atoms with Crippen LogP contribution >= 0.6 is 0 Å². The van der Waals surface area contributed by atoms with Crippen LogP contribution in [0.25, 0.3) is 0 Å². The van der Waals surface area contributed by atoms with Gasteiger partial charge in [0.05, 0.1) is 0 Å². The number of nitrogens with two attached hydrogens (primary N) is 1. The number of nitrogens with zero attached hydrogens (tertiary/aromatic N) is 1. The number of benzene rings is 1. The molecule has 1 aromatic rings. The Morgan fingerprint density at radius 1 is 1.21 bits per heavy atom. The second kappa shape index (κ2) is 4.79. The van der Waals surface area contributed by atoms with Crippen LogP contribution in [0.5, 0.6) is 0 Å². The lowest BCUT2D eigenvalue weighted by Gasteiger charge is -2.34. The monoisotopic (exact) mass is 268 g/mol. The zero-order chi connectivity index (χ0) is 14.0. The minimum absolute atomic E-state index is 0.341. The van der Waals surface area contributed by atoms with Crippen LogP contribution in [-0.2, 0) is 4.79 Å². The Hall–Kier alpha value is -2.24. The van der Waals surface area contributed by atoms with E-state index in [9.17, 15) is 18.0 Å². The van der Waals surface area contributed by atoms with Gasteiger partial charge in [-0.15, -0.1) is 0 Å². The van der Waals surface area contributed by atoms with Gasteiger partial charge in [-0.2, -0.15) is 13.2 Å². The normalized spacial score (nSPS) is 19.2. The minimum atomic E-state index is -4.60. The van der Waals surface area contributed by atoms with Gasteiger partial charge in [0.1, 0.15) is 0 Å². The maximum Gasteiger partial charge on any atom is 0.413 e. The molecule has 1 amide bonds. The van der Waals surface area contributed by atoms with E-state index in [4.69, 9.17) is 5.73 Å². The molecule has 0 bridgehead atoms. The third-order valence-corrected chi connectivity index (χ3v) is 2.74. The maximum absolute atomic E-state index is 13.2. The molecule has 0 radical (unpaired) electrons. The summed E-state index contributed by atoms with van der Waals surface area (Å²) in [7, 11) is 0. The maximum atomic E-state index is 13.2. The van der Waals surface area contributed by atoms with Crippen molar-refractivity contribution in [1.82, 2.24) is 0 Å². The SMILES string of the molecule is NC(=O)C1=CC=CN(c2ccccc2)C1C(F)(F)F. The first-order valence-corrected chi connectivity index (χ1v) is 5.49. The number of carbonyl (C=O) groups excluding carboxylic acids is 1. The van der Waals surface area contributed by atoms with Crippen LogP contribution in [0.2, 0.25) is 0 Å². The van der Waals surface area contributed by atoms with E-state index in [1.54, 1.807) is 18.2 Å². The number of hydrogen-bond donors (Lipinski definition) is 1. The van der Waals surface area contributed by atoms with Crippen molar-refractivity contribution in [2.45, 2.75) is 12.2 Å². The van der Waals surface area contributed by atoms with E-state index in [2.05, 4.69) is 0 Å². The van der Waals surface area contributed by atoms with E-state index in [1.165, 1.54) is 24.4 Å². The first-order valence-electron chi connectivity index (χ1n) is 5.49. The van der Waals surface area contributed by atoms with Gasteiger partial charge in [0, 0.05) is 17.5 Å². The third-order valence-electron chi connectivity index (χ3n) is 2.74. The Balaban J connectivity index is 2.47. The first-order chi connectivity index (χ1) is 8.91. The van der Waals surface area contributed by atoms with Gasteiger partial charge in [-0.3, -0.25) is 4.79 Å². The number of amides is 1. The van der Waals surface area contributed by atoms with Gasteiger partial charge in [0.15, 0.2) is 6.04 Å². The highest BCUT2D eigenvalue weighted by Gasteiger charge is 2.48. The van der Waals surface area contributed by atoms with E-state index in [0.717, 1.165) is 11.0 Å². The summed E-state index contributed by atoms with van der Waals surface area (Å²) in [5.41, 5.74) is 4.89. The van der Waals surface area contributed by atoms with Crippen molar-refractivity contribution in [2.24, 2.45) is 5.73 Å². The van der Waals surface area contributed by atoms with Crippen LogP contribution in [0.15, 0.2) is 54.3 Å². The summed E-state index contributed by atoms with van der Waals surface area (Å²) >= 11 is 0. The Kier molecular flexibility index (Phi) is 3.33. The van der Waals surface area contributed by atoms with Crippen LogP contribution in [0.3, 0.4) is 0 Å². The summed E-state index contributed by atoms with van der Waals surface area (Å²) < 4.78 is 39.5. The summed E-state index contributed by atoms with van der Waals surface area (Å²) in [5, 5.41) is 0. The molecule has 0 aliphatic carbocycles. The van der Waals surface area contributed by atoms with E-state index in [0.29, 0.717) is 5.69 Å². The Labute approximate surface area is 107 Å². The largest absolute Gasteiger partial charge is 0.413 e. The second-order valence-electron chi connectivity index (χ2n) is 4.01. The van der Waals surface area contributed by atoms with Crippen LogP contribution in [0.1, 0.15) is 0 Å². The van der Waals surface area contributed by atoms with Gasteiger partial charge in [-0.1, -0.05) is 18.2 Å². The zero-order valence-electron chi connectivity index (χ0n) is 9.76. The molecule has 0 saturated heterocycles. The van der Waals surface area contributed by atoms with Gasteiger partial charge < -0.3 is 10.6 Å². The molecule has 1 atom stereocenters. The second-order valence-corrected chi connectivity index (χ2v) is 4.01. The number of carbonyl (C=O) groups is 1. The van der Waals surface area contributed by atoms with Crippen LogP contribution in [0.4, 0.5) is 18.9 Å². The van der Waals surface area contributed by atoms with Gasteiger partial charge >= 0.3 is 6.18 Å². The van der Waals surface area contributed by atoms with Crippen molar-refractivity contribution in [3.05, 3.63) is 54.3 Å². The van der Waals surface area contributed by atoms with E-state index >= 15 is 0 Å². The van der Waals surface area contributed by atoms with Crippen molar-refractivity contribution < 1.29 is 18.0 Å². The molecule has 1 aliphatic heterocycles. The summed E-state index contributed by atoms with van der Waals surface area (Å²) in [6.45, 7) is 0. The molecule has 0 aromatic heterocycles. The van der Waals surface area contributed by atoms with Gasteiger partial charge in [0.25, 0.3) is 0 Å². The van der Waals surface area contributed by atoms with Crippen LogP contribution in [0, 0.1) is 0 Å². The molecule has 1 heterocycles. The summed E-state index contributed by atoms with van der Waals surface area (Å²) in [6.07, 6.45) is -0.851. The average Bonchev–Trinajstić information content (AvgIpc) is 2.38. The number of anilines is 1. The Bertz CT molecular complexity index is 535. The number of alkyl halides is 3. The number of halogens is 3. The molecule has 1 aromatic carbocycles. The molecule has 6 heteroatoms. The lowest BCUT2D eigenvalue weighted by Crippen LogP contribution is -2.48. The average molecular weight is 268 g/mol. The zero-order valence-corrected chi connectivity index (χ0v) is 9.76. The molecule has 2 rings (SSSR count). The van der Waals surface area contributed by atoms with Gasteiger partial charge in [-0.05, 0) is 24.3 Å². The lowest BCUT2D eigenvalue weighted by atomic mass is 10.0. The predicted octanol–water partition coefficient (Wildman–Crippen LogP) is 2.36. The summed E-state index contributed by atoms with van der Waals surface area (Å²) in [4.78, 5) is 12.2. The molecular formula is C13H11F3N2O. The molecule has 1 unspecified atom stereocenters. The van der Waals surface area contributed by atoms with Crippen molar-refractivity contribution in [1.29, 1.82) is 0 Å². The number of para-hydroxylation sites is 1. The highest BCUT2D eigenvalue weighted by atomic mass is 19.4. The fourth-order valence-corrected chi connectivity index (χ4v) is 1.95. The highest BCUT2D eigenvalue weighted by molar-refractivity contribution is 5.95. The lowest BCUT2D eigenvalue weighted by molar-refractivity contribution is -0.143. The molecular weight excluding hydrogens is 257 g/mol. The molecule has 1 aliphatic rings. The smallest absolute Gasteiger partial charge is 0.366 e. The quantitative estimate of drug-likeness (QED) is 0.895. The molecule has 100 valence electrons. The molecule has 3 nitrogen and oxygen atoms in total. The van der Waals surface area contributed by atoms with Crippen molar-refractivity contribution in [3.8, 4) is 0 Å². The number of hydrogen-bond acceptors (Lipinski definition) is 2. The molecule has 2 N–H and O–H groups in total. The van der Waals surface area contributed by atoms with Gasteiger partial charge in [-0.25, -0.2) is 0 Å². The van der Waals surface area contributed by atoms with E-state index in [-0.39, 0.29) is 0 Å². The number of allylic oxidation sites excluding steroid dienone is 2. The van der Waals surface area contributed by atoms with E-state index in [1.807, 2.05) is 0 Å². The van der Waals surface area contributed by atoms with Crippen LogP contribution in [-0.4, -0.2) is 18.1 Å². The third kappa shape index (κ3) is 2.62. The number of rotatable bonds is 2. The van der Waals surface area contributed by atoms with Crippen molar-refractivity contribution in [2.75, 3.05) is 4.90 Å². The first kappa shape index (κ1) is 13.2. The topological polar surface area (TPSA) is 46.3 Å². The summed E-state index contributed by atoms with van der Waals surface area (Å²) in [5.74, 6) is -1.08. The fourth-order valence-electron chi connectivity index (χ4n) is 1.95. The predicted molar refractivity (Wildman–Crippen MR) is 65.2 cm³/mol. The fraction of sp³-hybridized carbons (Fsp3) is 0.154.